The van der Waals surface area contributed by atoms with Crippen LogP contribution < -0.4 is 25.4 Å². The Morgan fingerprint density at radius 1 is 0.957 bits per heavy atom. The maximum absolute atomic E-state index is 13.1. The van der Waals surface area contributed by atoms with E-state index in [1.54, 1.807) is 37.3 Å². The van der Waals surface area contributed by atoms with Crippen molar-refractivity contribution in [2.24, 2.45) is 0 Å². The fourth-order valence-electron chi connectivity index (χ4n) is 4.47. The summed E-state index contributed by atoms with van der Waals surface area (Å²) in [4.78, 5) is 24.5. The number of ether oxygens (including phenoxy) is 4. The van der Waals surface area contributed by atoms with Crippen LogP contribution in [-0.2, 0) is 29.2 Å². The summed E-state index contributed by atoms with van der Waals surface area (Å²) in [5.74, 6) is -0.139. The second kappa shape index (κ2) is 16.3. The largest absolute Gasteiger partial charge is 0.573 e. The zero-order chi connectivity index (χ0) is 33.8. The molecule has 250 valence electrons. The fourth-order valence-corrected chi connectivity index (χ4v) is 4.47. The van der Waals surface area contributed by atoms with Crippen molar-refractivity contribution in [2.75, 3.05) is 25.6 Å². The molecule has 0 bridgehead atoms. The van der Waals surface area contributed by atoms with E-state index in [1.165, 1.54) is 23.9 Å². The number of alkyl halides is 3. The van der Waals surface area contributed by atoms with Gasteiger partial charge in [-0.25, -0.2) is 14.3 Å². The smallest absolute Gasteiger partial charge is 0.474 e. The van der Waals surface area contributed by atoms with Crippen molar-refractivity contribution in [1.29, 1.82) is 0 Å². The number of para-hydroxylation sites is 1. The van der Waals surface area contributed by atoms with Crippen LogP contribution >= 0.6 is 0 Å². The SMILES string of the molecule is COCc1ccc(OC(F)(F)F)c(CNC(=O)Nc2c(C)c(OCC(COCc3ccccc3)NC(=O)O)nn2-c2ccccc2)c1. The third-order valence-corrected chi connectivity index (χ3v) is 6.59. The van der Waals surface area contributed by atoms with Gasteiger partial charge in [-0.1, -0.05) is 54.6 Å². The normalized spacial score (nSPS) is 11.9. The van der Waals surface area contributed by atoms with Gasteiger partial charge >= 0.3 is 18.5 Å². The molecule has 0 fully saturated rings. The van der Waals surface area contributed by atoms with E-state index in [9.17, 15) is 27.9 Å². The number of carbonyl (C=O) groups excluding carboxylic acids is 1. The molecule has 3 amide bonds. The Hall–Kier alpha value is -5.28. The lowest BCUT2D eigenvalue weighted by atomic mass is 10.1. The van der Waals surface area contributed by atoms with Crippen molar-refractivity contribution in [3.8, 4) is 17.3 Å². The Morgan fingerprint density at radius 3 is 2.32 bits per heavy atom. The van der Waals surface area contributed by atoms with Gasteiger partial charge in [0.05, 0.1) is 37.1 Å². The van der Waals surface area contributed by atoms with Crippen molar-refractivity contribution in [3.05, 3.63) is 101 Å². The molecule has 0 saturated heterocycles. The van der Waals surface area contributed by atoms with E-state index in [2.05, 4.69) is 25.8 Å². The molecule has 1 heterocycles. The van der Waals surface area contributed by atoms with Gasteiger partial charge in [-0.3, -0.25) is 5.32 Å². The first-order valence-electron chi connectivity index (χ1n) is 14.3. The number of hydrogen-bond donors (Lipinski definition) is 4. The van der Waals surface area contributed by atoms with Gasteiger partial charge in [0, 0.05) is 19.2 Å². The van der Waals surface area contributed by atoms with Crippen molar-refractivity contribution < 1.29 is 46.8 Å². The van der Waals surface area contributed by atoms with E-state index in [1.807, 2.05) is 30.3 Å². The highest BCUT2D eigenvalue weighted by molar-refractivity contribution is 5.89. The zero-order valence-corrected chi connectivity index (χ0v) is 25.5. The van der Waals surface area contributed by atoms with Gasteiger partial charge in [0.1, 0.15) is 18.2 Å². The van der Waals surface area contributed by atoms with Crippen LogP contribution in [0.4, 0.5) is 28.6 Å². The van der Waals surface area contributed by atoms with Crippen molar-refractivity contribution in [2.45, 2.75) is 39.1 Å². The summed E-state index contributed by atoms with van der Waals surface area (Å²) in [5, 5.41) is 21.4. The van der Waals surface area contributed by atoms with Crippen LogP contribution in [-0.4, -0.2) is 59.7 Å². The lowest BCUT2D eigenvalue weighted by Crippen LogP contribution is -2.41. The molecule has 1 aromatic heterocycles. The summed E-state index contributed by atoms with van der Waals surface area (Å²) < 4.78 is 61.3. The molecule has 1 atom stereocenters. The highest BCUT2D eigenvalue weighted by Gasteiger charge is 2.32. The molecule has 4 N–H and O–H groups in total. The Balaban J connectivity index is 1.49. The van der Waals surface area contributed by atoms with Crippen LogP contribution in [0.5, 0.6) is 11.6 Å². The standard InChI is InChI=1S/C32H34F3N5O7/c1-21-28(38-30(41)36-16-24-15-23(17-44-2)13-14-27(24)47-32(33,34)35)40(26-11-7-4-8-12-26)39-29(21)46-20-25(37-31(42)43)19-45-18-22-9-5-3-6-10-22/h3-15,25,37H,16-20H2,1-2H3,(H,42,43)(H2,36,38,41). The molecule has 0 aliphatic rings. The monoisotopic (exact) mass is 657 g/mol. The average molecular weight is 658 g/mol. The number of anilines is 1. The van der Waals surface area contributed by atoms with Crippen LogP contribution in [0, 0.1) is 6.92 Å². The van der Waals surface area contributed by atoms with Gasteiger partial charge in [0.2, 0.25) is 5.88 Å². The van der Waals surface area contributed by atoms with Crippen LogP contribution in [0.15, 0.2) is 78.9 Å². The molecule has 0 saturated carbocycles. The summed E-state index contributed by atoms with van der Waals surface area (Å²) in [5.41, 5.74) is 2.56. The molecular weight excluding hydrogens is 623 g/mol. The predicted octanol–water partition coefficient (Wildman–Crippen LogP) is 5.78. The molecule has 3 aromatic carbocycles. The second-order valence-electron chi connectivity index (χ2n) is 10.2. The number of amides is 3. The van der Waals surface area contributed by atoms with E-state index in [0.29, 0.717) is 16.8 Å². The molecule has 0 spiro atoms. The van der Waals surface area contributed by atoms with Crippen molar-refractivity contribution in [1.82, 2.24) is 20.4 Å². The molecule has 0 aliphatic carbocycles. The van der Waals surface area contributed by atoms with E-state index in [-0.39, 0.29) is 50.2 Å². The van der Waals surface area contributed by atoms with Crippen LogP contribution in [0.3, 0.4) is 0 Å². The lowest BCUT2D eigenvalue weighted by molar-refractivity contribution is -0.274. The minimum atomic E-state index is -4.93. The Bertz CT molecular complexity index is 1620. The zero-order valence-electron chi connectivity index (χ0n) is 25.5. The molecule has 4 aromatic rings. The number of urea groups is 1. The first-order chi connectivity index (χ1) is 22.5. The maximum atomic E-state index is 13.1. The van der Waals surface area contributed by atoms with Crippen LogP contribution in [0.2, 0.25) is 0 Å². The number of nitrogens with one attached hydrogen (secondary N) is 3. The van der Waals surface area contributed by atoms with Gasteiger partial charge < -0.3 is 34.7 Å². The van der Waals surface area contributed by atoms with Gasteiger partial charge in [0.25, 0.3) is 0 Å². The Morgan fingerprint density at radius 2 is 1.66 bits per heavy atom. The number of carboxylic acid groups (broad SMARTS) is 1. The van der Waals surface area contributed by atoms with Crippen LogP contribution in [0.1, 0.15) is 22.3 Å². The first kappa shape index (κ1) is 34.6. The van der Waals surface area contributed by atoms with Crippen molar-refractivity contribution in [3.63, 3.8) is 0 Å². The highest BCUT2D eigenvalue weighted by Crippen LogP contribution is 2.30. The molecule has 0 aliphatic heterocycles. The Kier molecular flexibility index (Phi) is 12.0. The minimum absolute atomic E-state index is 0.0127. The summed E-state index contributed by atoms with van der Waals surface area (Å²) in [6.07, 6.45) is -6.19. The average Bonchev–Trinajstić information content (AvgIpc) is 3.34. The fraction of sp³-hybridized carbons (Fsp3) is 0.281. The van der Waals surface area contributed by atoms with E-state index in [0.717, 1.165) is 11.6 Å². The van der Waals surface area contributed by atoms with E-state index >= 15 is 0 Å². The quantitative estimate of drug-likeness (QED) is 0.126. The lowest BCUT2D eigenvalue weighted by Gasteiger charge is -2.17. The van der Waals surface area contributed by atoms with Gasteiger partial charge in [-0.15, -0.1) is 18.3 Å². The number of rotatable bonds is 15. The predicted molar refractivity (Wildman–Crippen MR) is 165 cm³/mol. The van der Waals surface area contributed by atoms with Gasteiger partial charge in [0.15, 0.2) is 0 Å². The summed E-state index contributed by atoms with van der Waals surface area (Å²) in [7, 11) is 1.45. The number of benzene rings is 3. The van der Waals surface area contributed by atoms with E-state index < -0.39 is 30.3 Å². The number of methoxy groups -OCH3 is 1. The number of hydrogen-bond acceptors (Lipinski definition) is 7. The van der Waals surface area contributed by atoms with E-state index in [4.69, 9.17) is 14.2 Å². The third-order valence-electron chi connectivity index (χ3n) is 6.59. The molecule has 47 heavy (non-hydrogen) atoms. The Labute approximate surface area is 268 Å². The molecule has 0 radical (unpaired) electrons. The molecule has 12 nitrogen and oxygen atoms in total. The summed E-state index contributed by atoms with van der Waals surface area (Å²) in [6, 6.07) is 20.7. The van der Waals surface area contributed by atoms with Gasteiger partial charge in [-0.05, 0) is 42.3 Å². The van der Waals surface area contributed by atoms with Crippen LogP contribution in [0.25, 0.3) is 5.69 Å². The topological polar surface area (TPSA) is 145 Å². The molecular formula is C32H34F3N5O7. The number of halogens is 3. The summed E-state index contributed by atoms with van der Waals surface area (Å²) in [6.45, 7) is 1.63. The third kappa shape index (κ3) is 10.6. The van der Waals surface area contributed by atoms with Gasteiger partial charge in [-0.2, -0.15) is 0 Å². The van der Waals surface area contributed by atoms with Crippen molar-refractivity contribution >= 4 is 17.9 Å². The number of aromatic nitrogens is 2. The second-order valence-corrected chi connectivity index (χ2v) is 10.2. The summed E-state index contributed by atoms with van der Waals surface area (Å²) >= 11 is 0. The number of nitrogens with zero attached hydrogens (tertiary/aromatic N) is 2. The molecule has 1 unspecified atom stereocenters. The highest BCUT2D eigenvalue weighted by atomic mass is 19.4. The molecule has 4 rings (SSSR count). The first-order valence-corrected chi connectivity index (χ1v) is 14.3. The molecule has 15 heteroatoms. The maximum Gasteiger partial charge on any atom is 0.573 e. The minimum Gasteiger partial charge on any atom is -0.474 e. The number of carbonyl (C=O) groups is 2.